The Morgan fingerprint density at radius 2 is 1.85 bits per heavy atom. The summed E-state index contributed by atoms with van der Waals surface area (Å²) < 4.78 is 31.6. The Hall–Kier alpha value is -2.23. The summed E-state index contributed by atoms with van der Waals surface area (Å²) in [6.45, 7) is 1.01. The second-order valence-corrected chi connectivity index (χ2v) is 8.95. The fraction of sp³-hybridized carbons (Fsp3) is 0.333. The number of thiophene rings is 1. The molecule has 2 heterocycles. The molecular weight excluding hydrogens is 388 g/mol. The van der Waals surface area contributed by atoms with Crippen molar-refractivity contribution in [2.75, 3.05) is 25.5 Å². The fourth-order valence-electron chi connectivity index (χ4n) is 2.89. The van der Waals surface area contributed by atoms with E-state index in [-0.39, 0.29) is 15.3 Å². The molecule has 2 aromatic rings. The number of ether oxygens (including phenoxy) is 1. The maximum absolute atomic E-state index is 12.7. The van der Waals surface area contributed by atoms with Crippen molar-refractivity contribution in [3.05, 3.63) is 46.2 Å². The van der Waals surface area contributed by atoms with Gasteiger partial charge in [-0.15, -0.1) is 11.3 Å². The molecule has 1 amide bonds. The quantitative estimate of drug-likeness (QED) is 0.768. The van der Waals surface area contributed by atoms with Gasteiger partial charge >= 0.3 is 5.97 Å². The molecule has 3 rings (SSSR count). The molecule has 9 heteroatoms. The highest BCUT2D eigenvalue weighted by molar-refractivity contribution is 7.89. The summed E-state index contributed by atoms with van der Waals surface area (Å²) in [6.07, 6.45) is 2.73. The van der Waals surface area contributed by atoms with Gasteiger partial charge in [0, 0.05) is 18.5 Å². The largest absolute Gasteiger partial charge is 0.465 e. The van der Waals surface area contributed by atoms with Crippen molar-refractivity contribution in [1.29, 1.82) is 0 Å². The van der Waals surface area contributed by atoms with Crippen LogP contribution in [0.5, 0.6) is 0 Å². The number of amides is 1. The molecule has 1 aromatic heterocycles. The average Bonchev–Trinajstić information content (AvgIpc) is 3.20. The third-order valence-corrected chi connectivity index (χ3v) is 7.29. The summed E-state index contributed by atoms with van der Waals surface area (Å²) in [6, 6.07) is 7.86. The number of para-hydroxylation sites is 1. The van der Waals surface area contributed by atoms with Gasteiger partial charge in [-0.05, 0) is 31.0 Å². The molecule has 0 aliphatic carbocycles. The van der Waals surface area contributed by atoms with Crippen LogP contribution in [0.4, 0.5) is 5.69 Å². The number of nitrogens with zero attached hydrogens (tertiary/aromatic N) is 1. The predicted molar refractivity (Wildman–Crippen MR) is 103 cm³/mol. The molecule has 1 aliphatic heterocycles. The minimum absolute atomic E-state index is 0.126. The molecule has 7 nitrogen and oxygen atoms in total. The lowest BCUT2D eigenvalue weighted by Crippen LogP contribution is -2.35. The minimum atomic E-state index is -3.58. The van der Waals surface area contributed by atoms with E-state index in [2.05, 4.69) is 5.32 Å². The topological polar surface area (TPSA) is 92.8 Å². The Labute approximate surface area is 162 Å². The molecule has 1 aliphatic rings. The predicted octanol–water partition coefficient (Wildman–Crippen LogP) is 2.96. The first-order chi connectivity index (χ1) is 12.9. The number of sulfonamides is 1. The molecule has 0 bridgehead atoms. The lowest BCUT2D eigenvalue weighted by Gasteiger charge is -2.25. The first-order valence-electron chi connectivity index (χ1n) is 8.51. The maximum Gasteiger partial charge on any atom is 0.339 e. The van der Waals surface area contributed by atoms with Gasteiger partial charge < -0.3 is 10.1 Å². The summed E-state index contributed by atoms with van der Waals surface area (Å²) in [5.74, 6) is -1.04. The van der Waals surface area contributed by atoms with Crippen LogP contribution >= 0.6 is 11.3 Å². The first-order valence-corrected chi connectivity index (χ1v) is 10.8. The summed E-state index contributed by atoms with van der Waals surface area (Å²) in [5, 5.41) is 4.13. The van der Waals surface area contributed by atoms with E-state index < -0.39 is 21.9 Å². The Morgan fingerprint density at radius 1 is 1.15 bits per heavy atom. The second-order valence-electron chi connectivity index (χ2n) is 6.10. The second kappa shape index (κ2) is 8.20. The first kappa shape index (κ1) is 19.5. The van der Waals surface area contributed by atoms with E-state index in [9.17, 15) is 18.0 Å². The number of esters is 1. The van der Waals surface area contributed by atoms with Crippen molar-refractivity contribution >= 4 is 38.9 Å². The van der Waals surface area contributed by atoms with Gasteiger partial charge in [0.1, 0.15) is 0 Å². The van der Waals surface area contributed by atoms with E-state index >= 15 is 0 Å². The van der Waals surface area contributed by atoms with Gasteiger partial charge in [-0.1, -0.05) is 18.6 Å². The van der Waals surface area contributed by atoms with Gasteiger partial charge in [0.15, 0.2) is 0 Å². The number of hydrogen-bond donors (Lipinski definition) is 1. The normalized spacial score (nSPS) is 15.3. The van der Waals surface area contributed by atoms with Crippen LogP contribution in [0.1, 0.15) is 39.3 Å². The summed E-state index contributed by atoms with van der Waals surface area (Å²) >= 11 is 1.05. The number of anilines is 1. The zero-order valence-electron chi connectivity index (χ0n) is 14.8. The Morgan fingerprint density at radius 3 is 2.56 bits per heavy atom. The molecular formula is C18H20N2O5S2. The Bertz CT molecular complexity index is 946. The number of nitrogens with one attached hydrogen (secondary N) is 1. The molecule has 144 valence electrons. The third-order valence-electron chi connectivity index (χ3n) is 4.33. The Kier molecular flexibility index (Phi) is 5.93. The van der Waals surface area contributed by atoms with Gasteiger partial charge in [0.2, 0.25) is 10.0 Å². The number of benzene rings is 1. The molecule has 0 saturated carbocycles. The van der Waals surface area contributed by atoms with Crippen LogP contribution in [0.3, 0.4) is 0 Å². The number of carbonyl (C=O) groups excluding carboxylic acids is 2. The lowest BCUT2D eigenvalue weighted by atomic mass is 10.2. The lowest BCUT2D eigenvalue weighted by molar-refractivity contribution is 0.0602. The van der Waals surface area contributed by atoms with E-state index in [1.807, 2.05) is 0 Å². The van der Waals surface area contributed by atoms with E-state index in [1.165, 1.54) is 22.9 Å². The van der Waals surface area contributed by atoms with Crippen LogP contribution in [0.2, 0.25) is 0 Å². The van der Waals surface area contributed by atoms with Gasteiger partial charge in [-0.25, -0.2) is 13.2 Å². The third kappa shape index (κ3) is 4.20. The number of piperidine rings is 1. The van der Waals surface area contributed by atoms with Gasteiger partial charge in [0.05, 0.1) is 28.1 Å². The molecule has 27 heavy (non-hydrogen) atoms. The van der Waals surface area contributed by atoms with E-state index in [4.69, 9.17) is 4.74 Å². The van der Waals surface area contributed by atoms with E-state index in [0.717, 1.165) is 30.6 Å². The van der Waals surface area contributed by atoms with Crippen LogP contribution < -0.4 is 5.32 Å². The molecule has 1 N–H and O–H groups in total. The monoisotopic (exact) mass is 408 g/mol. The minimum Gasteiger partial charge on any atom is -0.465 e. The van der Waals surface area contributed by atoms with Crippen LogP contribution in [-0.2, 0) is 14.8 Å². The van der Waals surface area contributed by atoms with Crippen LogP contribution in [0.25, 0.3) is 0 Å². The molecule has 1 aromatic carbocycles. The molecule has 1 saturated heterocycles. The molecule has 0 unspecified atom stereocenters. The van der Waals surface area contributed by atoms with Crippen LogP contribution in [0.15, 0.2) is 40.6 Å². The zero-order valence-corrected chi connectivity index (χ0v) is 16.4. The van der Waals surface area contributed by atoms with Crippen molar-refractivity contribution in [2.24, 2.45) is 0 Å². The average molecular weight is 409 g/mol. The highest BCUT2D eigenvalue weighted by Gasteiger charge is 2.27. The summed E-state index contributed by atoms with van der Waals surface area (Å²) in [7, 11) is -2.32. The van der Waals surface area contributed by atoms with Gasteiger partial charge in [0.25, 0.3) is 5.91 Å². The molecule has 0 atom stereocenters. The number of methoxy groups -OCH3 is 1. The van der Waals surface area contributed by atoms with Gasteiger partial charge in [-0.2, -0.15) is 4.31 Å². The van der Waals surface area contributed by atoms with Crippen molar-refractivity contribution in [3.63, 3.8) is 0 Å². The van der Waals surface area contributed by atoms with E-state index in [0.29, 0.717) is 18.8 Å². The number of hydrogen-bond acceptors (Lipinski definition) is 6. The maximum atomic E-state index is 12.7. The Balaban J connectivity index is 1.79. The van der Waals surface area contributed by atoms with Crippen LogP contribution in [-0.4, -0.2) is 44.8 Å². The highest BCUT2D eigenvalue weighted by atomic mass is 32.2. The number of carbonyl (C=O) groups is 2. The van der Waals surface area contributed by atoms with Crippen LogP contribution in [0, 0.1) is 0 Å². The van der Waals surface area contributed by atoms with Gasteiger partial charge in [-0.3, -0.25) is 4.79 Å². The van der Waals surface area contributed by atoms with Crippen molar-refractivity contribution < 1.29 is 22.7 Å². The van der Waals surface area contributed by atoms with Crippen molar-refractivity contribution in [3.8, 4) is 0 Å². The summed E-state index contributed by atoms with van der Waals surface area (Å²) in [4.78, 5) is 24.7. The highest BCUT2D eigenvalue weighted by Crippen LogP contribution is 2.26. The van der Waals surface area contributed by atoms with Crippen molar-refractivity contribution in [1.82, 2.24) is 4.31 Å². The molecule has 0 spiro atoms. The van der Waals surface area contributed by atoms with Crippen molar-refractivity contribution in [2.45, 2.75) is 24.2 Å². The SMILES string of the molecule is COC(=O)c1ccccc1NC(=O)c1cc(S(=O)(=O)N2CCCCC2)cs1. The smallest absolute Gasteiger partial charge is 0.339 e. The summed E-state index contributed by atoms with van der Waals surface area (Å²) in [5.41, 5.74) is 0.536. The zero-order chi connectivity index (χ0) is 19.4. The van der Waals surface area contributed by atoms with E-state index in [1.54, 1.807) is 24.3 Å². The fourth-order valence-corrected chi connectivity index (χ4v) is 5.56. The standard InChI is InChI=1S/C18H20N2O5S2/c1-25-18(22)14-7-3-4-8-15(14)19-17(21)16-11-13(12-26-16)27(23,24)20-9-5-2-6-10-20/h3-4,7-8,11-12H,2,5-6,9-10H2,1H3,(H,19,21). The molecule has 0 radical (unpaired) electrons. The number of rotatable bonds is 5. The molecule has 1 fully saturated rings.